The molecule has 1 aromatic carbocycles. The van der Waals surface area contributed by atoms with Crippen LogP contribution in [0.5, 0.6) is 0 Å². The molecule has 180 valence electrons. The number of morpholine rings is 1. The highest BCUT2D eigenvalue weighted by atomic mass is 32.2. The summed E-state index contributed by atoms with van der Waals surface area (Å²) in [5.41, 5.74) is -5.03. The van der Waals surface area contributed by atoms with E-state index in [0.717, 1.165) is 30.8 Å². The fraction of sp³-hybridized carbons (Fsp3) is 0.600. The van der Waals surface area contributed by atoms with Crippen LogP contribution in [0.2, 0.25) is 0 Å². The first-order chi connectivity index (χ1) is 15.4. The number of ether oxygens (including phenoxy) is 1. The molecular formula is C20H23F3N4O5S. The molecule has 0 unspecified atom stereocenters. The van der Waals surface area contributed by atoms with Crippen molar-refractivity contribution in [2.75, 3.05) is 52.5 Å². The lowest BCUT2D eigenvalue weighted by molar-refractivity contribution is -0.143. The lowest BCUT2D eigenvalue weighted by Crippen LogP contribution is -2.79. The van der Waals surface area contributed by atoms with Crippen LogP contribution in [0.1, 0.15) is 5.56 Å². The number of nitrogens with one attached hydrogen (secondary N) is 1. The number of urea groups is 1. The van der Waals surface area contributed by atoms with Crippen molar-refractivity contribution in [1.29, 1.82) is 0 Å². The van der Waals surface area contributed by atoms with Gasteiger partial charge in [0.05, 0.1) is 17.0 Å². The summed E-state index contributed by atoms with van der Waals surface area (Å²) in [5.74, 6) is -0.164. The van der Waals surface area contributed by atoms with Crippen molar-refractivity contribution in [2.45, 2.75) is 22.5 Å². The molecule has 5 rings (SSSR count). The Morgan fingerprint density at radius 3 is 2.21 bits per heavy atom. The zero-order valence-corrected chi connectivity index (χ0v) is 18.4. The SMILES string of the molecule is O=C1COCC2(CN(C(=O)N3CC4(CN(Cc5ccc(S(=O)(=O)C(F)(F)F)cc5)C4)C3)C2)N1. The number of sulfone groups is 1. The van der Waals surface area contributed by atoms with Crippen LogP contribution >= 0.6 is 0 Å². The molecule has 9 nitrogen and oxygen atoms in total. The Bertz CT molecular complexity index is 1070. The summed E-state index contributed by atoms with van der Waals surface area (Å²) >= 11 is 0. The van der Waals surface area contributed by atoms with Crippen molar-refractivity contribution in [3.63, 3.8) is 0 Å². The van der Waals surface area contributed by atoms with Crippen LogP contribution in [0.3, 0.4) is 0 Å². The van der Waals surface area contributed by atoms with Gasteiger partial charge in [0.2, 0.25) is 5.91 Å². The number of benzene rings is 1. The van der Waals surface area contributed by atoms with Crippen LogP contribution in [0.15, 0.2) is 29.2 Å². The number of carbonyl (C=O) groups excluding carboxylic acids is 2. The average molecular weight is 488 g/mol. The zero-order chi connectivity index (χ0) is 23.6. The van der Waals surface area contributed by atoms with E-state index in [4.69, 9.17) is 4.74 Å². The van der Waals surface area contributed by atoms with E-state index in [-0.39, 0.29) is 24.0 Å². The highest BCUT2D eigenvalue weighted by Gasteiger charge is 2.56. The highest BCUT2D eigenvalue weighted by molar-refractivity contribution is 7.92. The predicted molar refractivity (Wildman–Crippen MR) is 108 cm³/mol. The van der Waals surface area contributed by atoms with Gasteiger partial charge in [-0.25, -0.2) is 13.2 Å². The van der Waals surface area contributed by atoms with Crippen LogP contribution in [0, 0.1) is 5.41 Å². The molecule has 2 spiro atoms. The smallest absolute Gasteiger partial charge is 0.369 e. The maximum Gasteiger partial charge on any atom is 0.501 e. The fourth-order valence-corrected chi connectivity index (χ4v) is 5.94. The van der Waals surface area contributed by atoms with Crippen LogP contribution in [-0.2, 0) is 25.9 Å². The molecule has 3 amide bonds. The summed E-state index contributed by atoms with van der Waals surface area (Å²) in [4.78, 5) is 29.0. The number of hydrogen-bond acceptors (Lipinski definition) is 6. The van der Waals surface area contributed by atoms with Gasteiger partial charge in [0.15, 0.2) is 0 Å². The quantitative estimate of drug-likeness (QED) is 0.662. The third-order valence-corrected chi connectivity index (χ3v) is 8.16. The Morgan fingerprint density at radius 2 is 1.64 bits per heavy atom. The molecule has 13 heteroatoms. The van der Waals surface area contributed by atoms with E-state index in [0.29, 0.717) is 39.3 Å². The Kier molecular flexibility index (Phi) is 4.96. The van der Waals surface area contributed by atoms with E-state index >= 15 is 0 Å². The molecule has 33 heavy (non-hydrogen) atoms. The molecule has 0 atom stereocenters. The number of nitrogens with zero attached hydrogens (tertiary/aromatic N) is 3. The first kappa shape index (κ1) is 22.4. The van der Waals surface area contributed by atoms with Gasteiger partial charge in [0.25, 0.3) is 9.84 Å². The van der Waals surface area contributed by atoms with Crippen molar-refractivity contribution in [2.24, 2.45) is 5.41 Å². The maximum absolute atomic E-state index is 12.7. The van der Waals surface area contributed by atoms with Crippen molar-refractivity contribution >= 4 is 21.8 Å². The average Bonchev–Trinajstić information content (AvgIpc) is 2.66. The molecule has 4 heterocycles. The van der Waals surface area contributed by atoms with E-state index in [1.165, 1.54) is 12.1 Å². The highest BCUT2D eigenvalue weighted by Crippen LogP contribution is 2.41. The van der Waals surface area contributed by atoms with Crippen molar-refractivity contribution < 1.29 is 35.9 Å². The second-order valence-electron chi connectivity index (χ2n) is 9.55. The minimum atomic E-state index is -5.34. The van der Waals surface area contributed by atoms with Gasteiger partial charge in [0.1, 0.15) is 6.61 Å². The molecular weight excluding hydrogens is 465 g/mol. The fourth-order valence-electron chi connectivity index (χ4n) is 5.18. The van der Waals surface area contributed by atoms with Crippen LogP contribution in [0.4, 0.5) is 18.0 Å². The summed E-state index contributed by atoms with van der Waals surface area (Å²) in [6.07, 6.45) is 0. The van der Waals surface area contributed by atoms with Gasteiger partial charge >= 0.3 is 11.5 Å². The zero-order valence-electron chi connectivity index (χ0n) is 17.6. The summed E-state index contributed by atoms with van der Waals surface area (Å²) in [6, 6.07) is 4.71. The second kappa shape index (κ2) is 7.31. The van der Waals surface area contributed by atoms with Crippen LogP contribution in [-0.4, -0.2) is 98.6 Å². The first-order valence-corrected chi connectivity index (χ1v) is 11.9. The second-order valence-corrected chi connectivity index (χ2v) is 11.5. The maximum atomic E-state index is 12.7. The lowest BCUT2D eigenvalue weighted by Gasteiger charge is -2.62. The molecule has 1 aromatic rings. The Hall–Kier alpha value is -2.38. The van der Waals surface area contributed by atoms with Gasteiger partial charge in [0, 0.05) is 51.2 Å². The molecule has 4 fully saturated rings. The molecule has 0 radical (unpaired) electrons. The third kappa shape index (κ3) is 3.85. The topological polar surface area (TPSA) is 99.3 Å². The number of likely N-dealkylation sites (tertiary alicyclic amines) is 3. The van der Waals surface area contributed by atoms with E-state index in [1.54, 1.807) is 9.80 Å². The minimum absolute atomic E-state index is 0.0277. The van der Waals surface area contributed by atoms with Crippen molar-refractivity contribution in [1.82, 2.24) is 20.0 Å². The van der Waals surface area contributed by atoms with Gasteiger partial charge in [-0.15, -0.1) is 0 Å². The van der Waals surface area contributed by atoms with E-state index in [2.05, 4.69) is 10.2 Å². The molecule has 0 aromatic heterocycles. The largest absolute Gasteiger partial charge is 0.501 e. The van der Waals surface area contributed by atoms with Gasteiger partial charge in [-0.1, -0.05) is 12.1 Å². The molecule has 0 aliphatic carbocycles. The molecule has 0 bridgehead atoms. The summed E-state index contributed by atoms with van der Waals surface area (Å²) in [7, 11) is -5.34. The number of alkyl halides is 3. The van der Waals surface area contributed by atoms with E-state index in [9.17, 15) is 31.2 Å². The Morgan fingerprint density at radius 1 is 1.03 bits per heavy atom. The standard InChI is InChI=1S/C20H23F3N4O5S/c21-20(22,23)33(30,31)15-3-1-14(2-4-15)5-25-7-18(8-25)9-26(10-18)17(29)27-11-19(12-27)13-32-6-16(28)24-19/h1-4H,5-13H2,(H,24,28). The summed E-state index contributed by atoms with van der Waals surface area (Å²) < 4.78 is 66.1. The predicted octanol–water partition coefficient (Wildman–Crippen LogP) is 0.419. The molecule has 4 aliphatic heterocycles. The van der Waals surface area contributed by atoms with Gasteiger partial charge < -0.3 is 19.9 Å². The molecule has 4 aliphatic rings. The normalized spacial score (nSPS) is 24.2. The third-order valence-electron chi connectivity index (χ3n) is 6.66. The molecule has 0 saturated carbocycles. The summed E-state index contributed by atoms with van der Waals surface area (Å²) in [5, 5.41) is 2.90. The lowest BCUT2D eigenvalue weighted by atomic mass is 9.72. The summed E-state index contributed by atoms with van der Waals surface area (Å²) in [6.45, 7) is 4.62. The number of amides is 3. The number of rotatable bonds is 3. The number of halogens is 3. The Labute approximate surface area is 188 Å². The Balaban J connectivity index is 1.07. The monoisotopic (exact) mass is 488 g/mol. The van der Waals surface area contributed by atoms with Crippen LogP contribution in [0.25, 0.3) is 0 Å². The van der Waals surface area contributed by atoms with E-state index < -0.39 is 25.8 Å². The van der Waals surface area contributed by atoms with E-state index in [1.807, 2.05) is 0 Å². The molecule has 1 N–H and O–H groups in total. The van der Waals surface area contributed by atoms with Gasteiger partial charge in [-0.3, -0.25) is 9.69 Å². The van der Waals surface area contributed by atoms with Crippen LogP contribution < -0.4 is 5.32 Å². The van der Waals surface area contributed by atoms with Gasteiger partial charge in [-0.2, -0.15) is 13.2 Å². The number of hydrogen-bond donors (Lipinski definition) is 1. The first-order valence-electron chi connectivity index (χ1n) is 10.5. The van der Waals surface area contributed by atoms with Crippen molar-refractivity contribution in [3.8, 4) is 0 Å². The van der Waals surface area contributed by atoms with Crippen molar-refractivity contribution in [3.05, 3.63) is 29.8 Å². The van der Waals surface area contributed by atoms with Gasteiger partial charge in [-0.05, 0) is 17.7 Å². The minimum Gasteiger partial charge on any atom is -0.369 e. The number of carbonyl (C=O) groups is 2. The molecule has 4 saturated heterocycles.